The molecule has 0 fully saturated rings. The van der Waals surface area contributed by atoms with Gasteiger partial charge in [0.05, 0.1) is 0 Å². The van der Waals surface area contributed by atoms with Gasteiger partial charge in [0.15, 0.2) is 0 Å². The first-order chi connectivity index (χ1) is 4.84. The van der Waals surface area contributed by atoms with Crippen molar-refractivity contribution < 1.29 is 5.11 Å². The molecule has 0 heterocycles. The number of phenols is 1. The molecule has 0 atom stereocenters. The molecule has 0 spiro atoms. The molecule has 52 valence electrons. The molecule has 0 aromatic heterocycles. The quantitative estimate of drug-likeness (QED) is 0.700. The van der Waals surface area contributed by atoms with Crippen LogP contribution in [0.15, 0.2) is 35.8 Å². The third-order valence-electron chi connectivity index (χ3n) is 1.08. The van der Waals surface area contributed by atoms with Crippen LogP contribution >= 0.6 is 0 Å². The fraction of sp³-hybridized carbons (Fsp3) is 0. The van der Waals surface area contributed by atoms with Crippen molar-refractivity contribution >= 4 is 19.4 Å². The molecule has 0 amide bonds. The molecule has 1 rings (SSSR count). The van der Waals surface area contributed by atoms with Gasteiger partial charge in [-0.15, -0.1) is 0 Å². The molecular weight excluding hydrogens is 191 g/mol. The van der Waals surface area contributed by atoms with Crippen molar-refractivity contribution in [1.82, 2.24) is 0 Å². The van der Waals surface area contributed by atoms with Gasteiger partial charge in [-0.2, -0.15) is 0 Å². The van der Waals surface area contributed by atoms with E-state index in [4.69, 9.17) is 0 Å². The number of phenolic OH excluding ortho intramolecular Hbond substituents is 1. The molecule has 0 saturated heterocycles. The second-order valence-electron chi connectivity index (χ2n) is 1.75. The summed E-state index contributed by atoms with van der Waals surface area (Å²) in [6.07, 6.45) is 0. The van der Waals surface area contributed by atoms with Crippen LogP contribution in [-0.2, 0) is 0 Å². The summed E-state index contributed by atoms with van der Waals surface area (Å²) >= 11 is 0.214. The summed E-state index contributed by atoms with van der Waals surface area (Å²) in [7, 11) is 0. The van der Waals surface area contributed by atoms with Gasteiger partial charge in [0.25, 0.3) is 0 Å². The molecule has 1 aromatic carbocycles. The van der Waals surface area contributed by atoms with Crippen molar-refractivity contribution in [2.45, 2.75) is 0 Å². The average molecular weight is 199 g/mol. The fourth-order valence-corrected chi connectivity index (χ4v) is 1.75. The topological polar surface area (TPSA) is 20.2 Å². The molecule has 0 aliphatic carbocycles. The molecule has 0 aliphatic heterocycles. The third-order valence-corrected chi connectivity index (χ3v) is 2.68. The molecule has 0 saturated carbocycles. The first-order valence-electron chi connectivity index (χ1n) is 2.90. The molecule has 1 nitrogen and oxygen atoms in total. The van der Waals surface area contributed by atoms with Crippen LogP contribution in [0.4, 0.5) is 0 Å². The van der Waals surface area contributed by atoms with Crippen LogP contribution in [0.25, 0.3) is 0 Å². The van der Waals surface area contributed by atoms with Gasteiger partial charge < -0.3 is 0 Å². The number of benzene rings is 1. The first kappa shape index (κ1) is 7.39. The van der Waals surface area contributed by atoms with E-state index >= 15 is 0 Å². The monoisotopic (exact) mass is 200 g/mol. The molecule has 1 N–H and O–H groups in total. The summed E-state index contributed by atoms with van der Waals surface area (Å²) in [4.78, 5) is 1.84. The van der Waals surface area contributed by atoms with Gasteiger partial charge in [0, 0.05) is 0 Å². The summed E-state index contributed by atoms with van der Waals surface area (Å²) < 4.78 is 0.991. The van der Waals surface area contributed by atoms with Crippen LogP contribution in [0.1, 0.15) is 0 Å². The Hall–Kier alpha value is -0.721. The molecule has 0 unspecified atom stereocenters. The van der Waals surface area contributed by atoms with Crippen LogP contribution < -0.4 is 4.46 Å². The van der Waals surface area contributed by atoms with E-state index in [0.717, 1.165) is 4.46 Å². The van der Waals surface area contributed by atoms with Crippen molar-refractivity contribution in [3.63, 3.8) is 0 Å². The normalized spacial score (nSPS) is 9.20. The second-order valence-corrected chi connectivity index (χ2v) is 3.87. The Bertz CT molecular complexity index is 232. The Morgan fingerprint density at radius 2 is 2.10 bits per heavy atom. The van der Waals surface area contributed by atoms with Gasteiger partial charge in [-0.1, -0.05) is 0 Å². The summed E-state index contributed by atoms with van der Waals surface area (Å²) in [5, 5.41) is 9.21. The van der Waals surface area contributed by atoms with E-state index in [9.17, 15) is 5.11 Å². The zero-order valence-electron chi connectivity index (χ0n) is 5.45. The minimum atomic E-state index is 0.214. The van der Waals surface area contributed by atoms with Crippen molar-refractivity contribution in [3.8, 4) is 5.75 Å². The number of aromatic hydroxyl groups is 1. The summed E-state index contributed by atoms with van der Waals surface area (Å²) in [5.74, 6) is 0.377. The van der Waals surface area contributed by atoms with Crippen LogP contribution in [0, 0.1) is 0 Å². The molecular formula is C8H8OSe. The molecule has 0 radical (unpaired) electrons. The van der Waals surface area contributed by atoms with Crippen molar-refractivity contribution in [1.29, 1.82) is 0 Å². The Kier molecular flexibility index (Phi) is 2.55. The van der Waals surface area contributed by atoms with Gasteiger partial charge in [-0.25, -0.2) is 0 Å². The molecule has 0 aliphatic rings. The Morgan fingerprint density at radius 1 is 1.40 bits per heavy atom. The molecule has 1 aromatic rings. The van der Waals surface area contributed by atoms with Crippen molar-refractivity contribution in [3.05, 3.63) is 35.8 Å². The van der Waals surface area contributed by atoms with E-state index in [1.165, 1.54) is 0 Å². The number of hydrogen-bond acceptors (Lipinski definition) is 1. The fourth-order valence-electron chi connectivity index (χ4n) is 0.647. The van der Waals surface area contributed by atoms with E-state index in [2.05, 4.69) is 6.58 Å². The van der Waals surface area contributed by atoms with Crippen molar-refractivity contribution in [2.75, 3.05) is 0 Å². The van der Waals surface area contributed by atoms with Crippen molar-refractivity contribution in [2.24, 2.45) is 0 Å². The predicted molar refractivity (Wildman–Crippen MR) is 43.7 cm³/mol. The molecule has 10 heavy (non-hydrogen) atoms. The number of para-hydroxylation sites is 1. The Labute approximate surface area is 66.5 Å². The molecule has 2 heteroatoms. The van der Waals surface area contributed by atoms with Crippen LogP contribution in [-0.4, -0.2) is 20.1 Å². The Morgan fingerprint density at radius 3 is 2.70 bits per heavy atom. The summed E-state index contributed by atoms with van der Waals surface area (Å²) in [5.41, 5.74) is 0. The number of rotatable bonds is 2. The maximum absolute atomic E-state index is 9.21. The van der Waals surface area contributed by atoms with Crippen LogP contribution in [0.5, 0.6) is 5.75 Å². The molecule has 0 bridgehead atoms. The van der Waals surface area contributed by atoms with Crippen LogP contribution in [0.2, 0.25) is 0 Å². The van der Waals surface area contributed by atoms with Crippen LogP contribution in [0.3, 0.4) is 0 Å². The van der Waals surface area contributed by atoms with E-state index < -0.39 is 0 Å². The average Bonchev–Trinajstić information content (AvgIpc) is 1.94. The maximum atomic E-state index is 9.21. The first-order valence-corrected chi connectivity index (χ1v) is 4.74. The third kappa shape index (κ3) is 1.63. The van der Waals surface area contributed by atoms with Gasteiger partial charge in [-0.3, -0.25) is 0 Å². The minimum absolute atomic E-state index is 0.214. The predicted octanol–water partition coefficient (Wildman–Crippen LogP) is 0.865. The van der Waals surface area contributed by atoms with E-state index in [1.807, 2.05) is 23.2 Å². The zero-order chi connectivity index (χ0) is 7.40. The van der Waals surface area contributed by atoms with Gasteiger partial charge in [0.2, 0.25) is 0 Å². The Balaban J connectivity index is 2.91. The summed E-state index contributed by atoms with van der Waals surface area (Å²) in [6.45, 7) is 3.61. The van der Waals surface area contributed by atoms with E-state index in [1.54, 1.807) is 6.07 Å². The van der Waals surface area contributed by atoms with E-state index in [0.29, 0.717) is 5.75 Å². The van der Waals surface area contributed by atoms with Gasteiger partial charge in [0.1, 0.15) is 0 Å². The van der Waals surface area contributed by atoms with E-state index in [-0.39, 0.29) is 15.0 Å². The summed E-state index contributed by atoms with van der Waals surface area (Å²) in [6, 6.07) is 7.34. The standard InChI is InChI=1S/C8H8OSe/c1-2-10-8-6-4-3-5-7(8)9/h2-6,9H,1H2. The SMILES string of the molecule is C=C[Se]c1ccccc1O. The van der Waals surface area contributed by atoms with Gasteiger partial charge >= 0.3 is 66.1 Å². The zero-order valence-corrected chi connectivity index (χ0v) is 7.16. The van der Waals surface area contributed by atoms with Gasteiger partial charge in [-0.05, 0) is 0 Å². The second kappa shape index (κ2) is 3.45. The number of hydrogen-bond donors (Lipinski definition) is 1.